The zero-order valence-corrected chi connectivity index (χ0v) is 19.0. The van der Waals surface area contributed by atoms with E-state index >= 15 is 0 Å². The molecule has 1 N–H and O–H groups in total. The molecule has 3 aromatic rings. The van der Waals surface area contributed by atoms with Crippen LogP contribution in [0.25, 0.3) is 11.0 Å². The standard InChI is InChI=1S/C22H26F2N6OS/c1-14(2)32-22-27-19(29-9-4-3-5-10-29)17-13-26-30(20(17)28-22)11-8-25-21(31)16-7-6-15(23)12-18(16)24/h6-7,12-14H,3-5,8-11H2,1-2H3,(H,25,31). The van der Waals surface area contributed by atoms with E-state index in [-0.39, 0.29) is 12.1 Å². The molecule has 3 heterocycles. The summed E-state index contributed by atoms with van der Waals surface area (Å²) in [4.78, 5) is 24.1. The molecule has 32 heavy (non-hydrogen) atoms. The molecule has 0 radical (unpaired) electrons. The van der Waals surface area contributed by atoms with Gasteiger partial charge in [0.1, 0.15) is 17.5 Å². The van der Waals surface area contributed by atoms with Crippen molar-refractivity contribution in [2.45, 2.75) is 50.1 Å². The number of hydrogen-bond acceptors (Lipinski definition) is 6. The molecule has 0 aliphatic carbocycles. The van der Waals surface area contributed by atoms with Gasteiger partial charge in [0.2, 0.25) is 0 Å². The summed E-state index contributed by atoms with van der Waals surface area (Å²) in [5.74, 6) is -1.30. The van der Waals surface area contributed by atoms with E-state index in [1.165, 1.54) is 6.42 Å². The average Bonchev–Trinajstić information content (AvgIpc) is 3.16. The zero-order chi connectivity index (χ0) is 22.7. The number of benzene rings is 1. The molecule has 1 aliphatic heterocycles. The topological polar surface area (TPSA) is 75.9 Å². The Morgan fingerprint density at radius 2 is 1.97 bits per heavy atom. The van der Waals surface area contributed by atoms with Gasteiger partial charge in [-0.05, 0) is 31.4 Å². The number of fused-ring (bicyclic) bond motifs is 1. The maximum Gasteiger partial charge on any atom is 0.254 e. The van der Waals surface area contributed by atoms with Gasteiger partial charge in [-0.3, -0.25) is 4.79 Å². The molecule has 1 aliphatic rings. The van der Waals surface area contributed by atoms with E-state index in [9.17, 15) is 13.6 Å². The Morgan fingerprint density at radius 1 is 1.19 bits per heavy atom. The first-order valence-electron chi connectivity index (χ1n) is 10.8. The molecule has 2 aromatic heterocycles. The fourth-order valence-corrected chi connectivity index (χ4v) is 4.44. The summed E-state index contributed by atoms with van der Waals surface area (Å²) < 4.78 is 28.6. The first kappa shape index (κ1) is 22.4. The van der Waals surface area contributed by atoms with Crippen molar-refractivity contribution in [1.29, 1.82) is 0 Å². The van der Waals surface area contributed by atoms with Crippen LogP contribution in [0.3, 0.4) is 0 Å². The van der Waals surface area contributed by atoms with Crippen LogP contribution in [-0.2, 0) is 6.54 Å². The Balaban J connectivity index is 1.54. The number of amides is 1. The highest BCUT2D eigenvalue weighted by molar-refractivity contribution is 7.99. The number of aromatic nitrogens is 4. The van der Waals surface area contributed by atoms with Gasteiger partial charge in [0.25, 0.3) is 5.91 Å². The van der Waals surface area contributed by atoms with Crippen LogP contribution in [-0.4, -0.2) is 50.5 Å². The lowest BCUT2D eigenvalue weighted by Gasteiger charge is -2.28. The maximum absolute atomic E-state index is 13.8. The molecular weight excluding hydrogens is 434 g/mol. The van der Waals surface area contributed by atoms with Crippen molar-refractivity contribution in [3.8, 4) is 0 Å². The second-order valence-corrected chi connectivity index (χ2v) is 9.57. The van der Waals surface area contributed by atoms with Gasteiger partial charge in [0.15, 0.2) is 10.8 Å². The molecule has 10 heteroatoms. The quantitative estimate of drug-likeness (QED) is 0.424. The number of anilines is 1. The number of hydrogen-bond donors (Lipinski definition) is 1. The highest BCUT2D eigenvalue weighted by Gasteiger charge is 2.20. The lowest BCUT2D eigenvalue weighted by molar-refractivity contribution is 0.0948. The maximum atomic E-state index is 13.8. The van der Waals surface area contributed by atoms with Gasteiger partial charge in [-0.25, -0.2) is 23.4 Å². The van der Waals surface area contributed by atoms with Crippen molar-refractivity contribution in [3.63, 3.8) is 0 Å². The highest BCUT2D eigenvalue weighted by Crippen LogP contribution is 2.30. The lowest BCUT2D eigenvalue weighted by Crippen LogP contribution is -2.30. The largest absolute Gasteiger partial charge is 0.356 e. The zero-order valence-electron chi connectivity index (χ0n) is 18.1. The van der Waals surface area contributed by atoms with Crippen LogP contribution in [0.5, 0.6) is 0 Å². The minimum Gasteiger partial charge on any atom is -0.356 e. The third-order valence-corrected chi connectivity index (χ3v) is 6.10. The Hall–Kier alpha value is -2.75. The molecule has 170 valence electrons. The second kappa shape index (κ2) is 9.81. The van der Waals surface area contributed by atoms with Gasteiger partial charge in [-0.1, -0.05) is 25.6 Å². The van der Waals surface area contributed by atoms with Crippen LogP contribution >= 0.6 is 11.8 Å². The molecule has 1 saturated heterocycles. The first-order valence-corrected chi connectivity index (χ1v) is 11.7. The number of thioether (sulfide) groups is 1. The van der Waals surface area contributed by atoms with E-state index < -0.39 is 17.5 Å². The van der Waals surface area contributed by atoms with Gasteiger partial charge in [0, 0.05) is 31.0 Å². The predicted molar refractivity (Wildman–Crippen MR) is 121 cm³/mol. The molecule has 0 spiro atoms. The van der Waals surface area contributed by atoms with Gasteiger partial charge < -0.3 is 10.2 Å². The number of nitrogens with one attached hydrogen (secondary N) is 1. The smallest absolute Gasteiger partial charge is 0.254 e. The van der Waals surface area contributed by atoms with Crippen LogP contribution in [0.15, 0.2) is 29.6 Å². The van der Waals surface area contributed by atoms with Gasteiger partial charge in [-0.2, -0.15) is 5.10 Å². The number of carbonyl (C=O) groups is 1. The van der Waals surface area contributed by atoms with E-state index in [0.717, 1.165) is 49.3 Å². The molecular formula is C22H26F2N6OS. The summed E-state index contributed by atoms with van der Waals surface area (Å²) >= 11 is 1.60. The molecule has 1 amide bonds. The van der Waals surface area contributed by atoms with Crippen molar-refractivity contribution < 1.29 is 13.6 Å². The van der Waals surface area contributed by atoms with Crippen LogP contribution < -0.4 is 10.2 Å². The molecule has 0 bridgehead atoms. The van der Waals surface area contributed by atoms with E-state index in [0.29, 0.717) is 28.7 Å². The van der Waals surface area contributed by atoms with Gasteiger partial charge in [-0.15, -0.1) is 0 Å². The summed E-state index contributed by atoms with van der Waals surface area (Å²) in [7, 11) is 0. The van der Waals surface area contributed by atoms with Crippen molar-refractivity contribution in [2.24, 2.45) is 0 Å². The van der Waals surface area contributed by atoms with Crippen molar-refractivity contribution in [3.05, 3.63) is 41.6 Å². The highest BCUT2D eigenvalue weighted by atomic mass is 32.2. The lowest BCUT2D eigenvalue weighted by atomic mass is 10.1. The minimum absolute atomic E-state index is 0.193. The predicted octanol–water partition coefficient (Wildman–Crippen LogP) is 4.03. The average molecular weight is 461 g/mol. The van der Waals surface area contributed by atoms with Crippen LogP contribution in [0, 0.1) is 11.6 Å². The first-order chi connectivity index (χ1) is 15.4. The van der Waals surface area contributed by atoms with E-state index in [4.69, 9.17) is 9.97 Å². The molecule has 0 unspecified atom stereocenters. The molecule has 1 aromatic carbocycles. The normalized spacial score (nSPS) is 14.3. The number of piperidine rings is 1. The fourth-order valence-electron chi connectivity index (χ4n) is 3.74. The van der Waals surface area contributed by atoms with E-state index in [2.05, 4.69) is 29.2 Å². The van der Waals surface area contributed by atoms with Gasteiger partial charge >= 0.3 is 0 Å². The number of nitrogens with zero attached hydrogens (tertiary/aromatic N) is 5. The monoisotopic (exact) mass is 460 g/mol. The van der Waals surface area contributed by atoms with E-state index in [1.54, 1.807) is 22.6 Å². The molecule has 0 saturated carbocycles. The number of carbonyl (C=O) groups excluding carboxylic acids is 1. The van der Waals surface area contributed by atoms with Crippen molar-refractivity contribution in [2.75, 3.05) is 24.5 Å². The van der Waals surface area contributed by atoms with E-state index in [1.807, 2.05) is 0 Å². The number of rotatable bonds is 7. The van der Waals surface area contributed by atoms with Crippen molar-refractivity contribution in [1.82, 2.24) is 25.1 Å². The molecule has 7 nitrogen and oxygen atoms in total. The van der Waals surface area contributed by atoms with Crippen LogP contribution in [0.1, 0.15) is 43.5 Å². The Morgan fingerprint density at radius 3 is 2.69 bits per heavy atom. The second-order valence-electron chi connectivity index (χ2n) is 8.03. The fraction of sp³-hybridized carbons (Fsp3) is 0.455. The Labute approximate surface area is 189 Å². The molecule has 1 fully saturated rings. The summed E-state index contributed by atoms with van der Waals surface area (Å²) in [6.45, 7) is 6.70. The summed E-state index contributed by atoms with van der Waals surface area (Å²) in [6.07, 6.45) is 5.27. The minimum atomic E-state index is -0.888. The number of halogens is 2. The van der Waals surface area contributed by atoms with Crippen LogP contribution in [0.2, 0.25) is 0 Å². The third-order valence-electron chi connectivity index (χ3n) is 5.24. The van der Waals surface area contributed by atoms with Crippen LogP contribution in [0.4, 0.5) is 14.6 Å². The summed E-state index contributed by atoms with van der Waals surface area (Å²) in [5, 5.41) is 9.06. The molecule has 0 atom stereocenters. The summed E-state index contributed by atoms with van der Waals surface area (Å²) in [6, 6.07) is 2.89. The Kier molecular flexibility index (Phi) is 6.88. The Bertz CT molecular complexity index is 1110. The molecule has 4 rings (SSSR count). The van der Waals surface area contributed by atoms with Crippen molar-refractivity contribution >= 4 is 34.5 Å². The SMILES string of the molecule is CC(C)Sc1nc(N2CCCCC2)c2cnn(CCNC(=O)c3ccc(F)cc3F)c2n1. The summed E-state index contributed by atoms with van der Waals surface area (Å²) in [5.41, 5.74) is 0.521. The third kappa shape index (κ3) is 5.01. The van der Waals surface area contributed by atoms with Gasteiger partial charge in [0.05, 0.1) is 23.7 Å².